The fourth-order valence-electron chi connectivity index (χ4n) is 3.54. The van der Waals surface area contributed by atoms with Gasteiger partial charge in [-0.05, 0) is 54.4 Å². The number of halogens is 1. The molecule has 0 saturated carbocycles. The van der Waals surface area contributed by atoms with Crippen molar-refractivity contribution in [2.24, 2.45) is 0 Å². The molecule has 1 atom stereocenters. The molecule has 1 aliphatic heterocycles. The second-order valence-electron chi connectivity index (χ2n) is 7.18. The topological polar surface area (TPSA) is 61.4 Å². The van der Waals surface area contributed by atoms with Gasteiger partial charge in [-0.2, -0.15) is 0 Å². The number of amides is 2. The summed E-state index contributed by atoms with van der Waals surface area (Å²) in [7, 11) is 0. The third-order valence-electron chi connectivity index (χ3n) is 5.05. The number of carbonyl (C=O) groups is 2. The number of hydrogen-bond donors (Lipinski definition) is 2. The summed E-state index contributed by atoms with van der Waals surface area (Å²) in [5, 5.41) is 6.11. The average molecular weight is 403 g/mol. The van der Waals surface area contributed by atoms with E-state index in [0.29, 0.717) is 18.7 Å². The number of anilines is 3. The third kappa shape index (κ3) is 4.49. The molecule has 152 valence electrons. The predicted octanol–water partition coefficient (Wildman–Crippen LogP) is 4.74. The number of nitrogens with one attached hydrogen (secondary N) is 2. The maximum Gasteiger partial charge on any atom is 0.251 e. The molecule has 30 heavy (non-hydrogen) atoms. The molecule has 0 unspecified atom stereocenters. The first-order chi connectivity index (χ1) is 14.6. The molecule has 4 rings (SSSR count). The standard InChI is InChI=1S/C24H22FN3O2/c25-18-11-13-19(14-12-18)27-24(30)23(17-6-2-1-3-7-17)26-20-8-4-9-21(16-20)28-15-5-10-22(28)29/h1-4,6-9,11-14,16,23,26H,5,10,15H2,(H,27,30)/t23-/m1/s1. The monoisotopic (exact) mass is 403 g/mol. The van der Waals surface area contributed by atoms with Crippen LogP contribution in [-0.2, 0) is 9.59 Å². The minimum atomic E-state index is -0.666. The van der Waals surface area contributed by atoms with E-state index in [9.17, 15) is 14.0 Å². The molecule has 0 aliphatic carbocycles. The van der Waals surface area contributed by atoms with Crippen LogP contribution < -0.4 is 15.5 Å². The highest BCUT2D eigenvalue weighted by molar-refractivity contribution is 5.98. The third-order valence-corrected chi connectivity index (χ3v) is 5.05. The van der Waals surface area contributed by atoms with Crippen LogP contribution in [0.4, 0.5) is 21.5 Å². The lowest BCUT2D eigenvalue weighted by Crippen LogP contribution is -2.27. The lowest BCUT2D eigenvalue weighted by molar-refractivity contribution is -0.117. The number of benzene rings is 3. The Morgan fingerprint density at radius 1 is 0.933 bits per heavy atom. The highest BCUT2D eigenvalue weighted by Crippen LogP contribution is 2.27. The minimum absolute atomic E-state index is 0.112. The van der Waals surface area contributed by atoms with E-state index in [1.165, 1.54) is 24.3 Å². The second-order valence-corrected chi connectivity index (χ2v) is 7.18. The molecular formula is C24H22FN3O2. The zero-order valence-corrected chi connectivity index (χ0v) is 16.3. The fraction of sp³-hybridized carbons (Fsp3) is 0.167. The van der Waals surface area contributed by atoms with Crippen LogP contribution >= 0.6 is 0 Å². The molecule has 3 aromatic rings. The van der Waals surface area contributed by atoms with Crippen molar-refractivity contribution in [1.82, 2.24) is 0 Å². The summed E-state index contributed by atoms with van der Waals surface area (Å²) in [5.41, 5.74) is 2.85. The first-order valence-corrected chi connectivity index (χ1v) is 9.88. The molecule has 0 bridgehead atoms. The number of carbonyl (C=O) groups excluding carboxylic acids is 2. The van der Waals surface area contributed by atoms with Gasteiger partial charge in [-0.15, -0.1) is 0 Å². The summed E-state index contributed by atoms with van der Waals surface area (Å²) in [5.74, 6) is -0.518. The lowest BCUT2D eigenvalue weighted by Gasteiger charge is -2.22. The van der Waals surface area contributed by atoms with Gasteiger partial charge in [-0.1, -0.05) is 36.4 Å². The number of nitrogens with zero attached hydrogens (tertiary/aromatic N) is 1. The largest absolute Gasteiger partial charge is 0.370 e. The minimum Gasteiger partial charge on any atom is -0.370 e. The summed E-state index contributed by atoms with van der Waals surface area (Å²) in [6.07, 6.45) is 1.41. The summed E-state index contributed by atoms with van der Waals surface area (Å²) in [6.45, 7) is 0.704. The molecule has 0 radical (unpaired) electrons. The molecule has 0 spiro atoms. The Bertz CT molecular complexity index is 1040. The van der Waals surface area contributed by atoms with E-state index in [1.54, 1.807) is 4.90 Å². The fourth-order valence-corrected chi connectivity index (χ4v) is 3.54. The van der Waals surface area contributed by atoms with Crippen LogP contribution in [0.25, 0.3) is 0 Å². The normalized spacial score (nSPS) is 14.4. The molecule has 1 aliphatic rings. The molecule has 5 nitrogen and oxygen atoms in total. The van der Waals surface area contributed by atoms with Crippen molar-refractivity contribution in [2.75, 3.05) is 22.1 Å². The number of hydrogen-bond acceptors (Lipinski definition) is 3. The lowest BCUT2D eigenvalue weighted by atomic mass is 10.1. The van der Waals surface area contributed by atoms with Crippen molar-refractivity contribution >= 4 is 28.9 Å². The summed E-state index contributed by atoms with van der Waals surface area (Å²) >= 11 is 0. The quantitative estimate of drug-likeness (QED) is 0.625. The predicted molar refractivity (Wildman–Crippen MR) is 116 cm³/mol. The summed E-state index contributed by atoms with van der Waals surface area (Å²) in [4.78, 5) is 26.9. The van der Waals surface area contributed by atoms with E-state index in [4.69, 9.17) is 0 Å². The Morgan fingerprint density at radius 2 is 1.70 bits per heavy atom. The Labute approximate surface area is 174 Å². The molecule has 1 heterocycles. The van der Waals surface area contributed by atoms with Crippen LogP contribution in [0.15, 0.2) is 78.9 Å². The van der Waals surface area contributed by atoms with Gasteiger partial charge in [0.2, 0.25) is 5.91 Å². The second kappa shape index (κ2) is 8.78. The Balaban J connectivity index is 1.58. The molecule has 2 N–H and O–H groups in total. The van der Waals surface area contributed by atoms with E-state index >= 15 is 0 Å². The molecule has 1 fully saturated rings. The molecule has 0 aromatic heterocycles. The van der Waals surface area contributed by atoms with Gasteiger partial charge in [0, 0.05) is 30.0 Å². The molecule has 3 aromatic carbocycles. The van der Waals surface area contributed by atoms with Gasteiger partial charge in [0.1, 0.15) is 11.9 Å². The van der Waals surface area contributed by atoms with Crippen molar-refractivity contribution in [3.05, 3.63) is 90.2 Å². The highest BCUT2D eigenvalue weighted by Gasteiger charge is 2.24. The van der Waals surface area contributed by atoms with E-state index in [0.717, 1.165) is 23.4 Å². The van der Waals surface area contributed by atoms with Crippen LogP contribution in [0.3, 0.4) is 0 Å². The maximum absolute atomic E-state index is 13.2. The Hall–Kier alpha value is -3.67. The first kappa shape index (κ1) is 19.6. The van der Waals surface area contributed by atoms with Crippen molar-refractivity contribution in [1.29, 1.82) is 0 Å². The molecule has 6 heteroatoms. The van der Waals surface area contributed by atoms with Gasteiger partial charge in [0.25, 0.3) is 5.91 Å². The Kier molecular flexibility index (Phi) is 5.75. The van der Waals surface area contributed by atoms with Gasteiger partial charge in [0.15, 0.2) is 0 Å². The van der Waals surface area contributed by atoms with E-state index < -0.39 is 6.04 Å². The van der Waals surface area contributed by atoms with E-state index in [-0.39, 0.29) is 17.6 Å². The smallest absolute Gasteiger partial charge is 0.251 e. The summed E-state index contributed by atoms with van der Waals surface area (Å²) < 4.78 is 13.2. The first-order valence-electron chi connectivity index (χ1n) is 9.88. The average Bonchev–Trinajstić information content (AvgIpc) is 3.20. The van der Waals surface area contributed by atoms with Crippen LogP contribution in [0.2, 0.25) is 0 Å². The SMILES string of the molecule is O=C(Nc1ccc(F)cc1)[C@H](Nc1cccc(N2CCCC2=O)c1)c1ccccc1. The number of rotatable bonds is 6. The Morgan fingerprint density at radius 3 is 2.40 bits per heavy atom. The van der Waals surface area contributed by atoms with Gasteiger partial charge in [0.05, 0.1) is 0 Å². The van der Waals surface area contributed by atoms with Crippen molar-refractivity contribution in [3.8, 4) is 0 Å². The maximum atomic E-state index is 13.2. The zero-order valence-electron chi connectivity index (χ0n) is 16.3. The molecular weight excluding hydrogens is 381 g/mol. The molecule has 2 amide bonds. The summed E-state index contributed by atoms with van der Waals surface area (Å²) in [6, 6.07) is 21.9. The van der Waals surface area contributed by atoms with Crippen LogP contribution in [-0.4, -0.2) is 18.4 Å². The van der Waals surface area contributed by atoms with Crippen molar-refractivity contribution < 1.29 is 14.0 Å². The zero-order chi connectivity index (χ0) is 20.9. The van der Waals surface area contributed by atoms with Gasteiger partial charge >= 0.3 is 0 Å². The van der Waals surface area contributed by atoms with E-state index in [1.807, 2.05) is 54.6 Å². The van der Waals surface area contributed by atoms with Crippen molar-refractivity contribution in [3.63, 3.8) is 0 Å². The highest BCUT2D eigenvalue weighted by atomic mass is 19.1. The van der Waals surface area contributed by atoms with Gasteiger partial charge < -0.3 is 15.5 Å². The van der Waals surface area contributed by atoms with Gasteiger partial charge in [-0.3, -0.25) is 9.59 Å². The van der Waals surface area contributed by atoms with Crippen LogP contribution in [0.5, 0.6) is 0 Å². The molecule has 1 saturated heterocycles. The van der Waals surface area contributed by atoms with E-state index in [2.05, 4.69) is 10.6 Å². The van der Waals surface area contributed by atoms with Gasteiger partial charge in [-0.25, -0.2) is 4.39 Å². The van der Waals surface area contributed by atoms with Crippen LogP contribution in [0.1, 0.15) is 24.4 Å². The van der Waals surface area contributed by atoms with Crippen molar-refractivity contribution in [2.45, 2.75) is 18.9 Å². The van der Waals surface area contributed by atoms with Crippen LogP contribution in [0, 0.1) is 5.82 Å².